The van der Waals surface area contributed by atoms with Crippen molar-refractivity contribution in [2.45, 2.75) is 38.8 Å². The molecule has 0 fully saturated rings. The fraction of sp³-hybridized carbons (Fsp3) is 0.316. The van der Waals surface area contributed by atoms with Crippen LogP contribution in [0.3, 0.4) is 0 Å². The molecule has 3 heteroatoms. The van der Waals surface area contributed by atoms with Gasteiger partial charge in [-0.15, -0.1) is 0 Å². The van der Waals surface area contributed by atoms with Crippen molar-refractivity contribution < 1.29 is 9.53 Å². The van der Waals surface area contributed by atoms with E-state index in [-0.39, 0.29) is 6.04 Å². The minimum atomic E-state index is -0.502. The average Bonchev–Trinajstić information content (AvgIpc) is 2.47. The van der Waals surface area contributed by atoms with Gasteiger partial charge in [-0.05, 0) is 38.3 Å². The van der Waals surface area contributed by atoms with Gasteiger partial charge in [-0.1, -0.05) is 60.7 Å². The van der Waals surface area contributed by atoms with Gasteiger partial charge in [-0.3, -0.25) is 0 Å². The Balaban J connectivity index is 2.14. The summed E-state index contributed by atoms with van der Waals surface area (Å²) in [5, 5.41) is 2.98. The van der Waals surface area contributed by atoms with Gasteiger partial charge >= 0.3 is 6.09 Å². The highest BCUT2D eigenvalue weighted by Crippen LogP contribution is 2.19. The van der Waals surface area contributed by atoms with E-state index >= 15 is 0 Å². The number of hydrogen-bond donors (Lipinski definition) is 1. The summed E-state index contributed by atoms with van der Waals surface area (Å²) < 4.78 is 5.38. The number of rotatable bonds is 4. The van der Waals surface area contributed by atoms with Crippen molar-refractivity contribution in [1.82, 2.24) is 5.32 Å². The summed E-state index contributed by atoms with van der Waals surface area (Å²) in [6.07, 6.45) is 0.335. The first-order valence-corrected chi connectivity index (χ1v) is 7.52. The average molecular weight is 297 g/mol. The van der Waals surface area contributed by atoms with Crippen molar-refractivity contribution in [3.63, 3.8) is 0 Å². The van der Waals surface area contributed by atoms with Gasteiger partial charge in [0, 0.05) is 0 Å². The van der Waals surface area contributed by atoms with E-state index in [1.54, 1.807) is 0 Å². The van der Waals surface area contributed by atoms with E-state index in [2.05, 4.69) is 17.4 Å². The van der Waals surface area contributed by atoms with Crippen LogP contribution in [0.4, 0.5) is 4.79 Å². The molecule has 0 saturated heterocycles. The number of benzene rings is 2. The third-order valence-corrected chi connectivity index (χ3v) is 3.18. The molecule has 3 nitrogen and oxygen atoms in total. The lowest BCUT2D eigenvalue weighted by molar-refractivity contribution is 0.0503. The van der Waals surface area contributed by atoms with Crippen molar-refractivity contribution in [1.29, 1.82) is 0 Å². The lowest BCUT2D eigenvalue weighted by Crippen LogP contribution is -2.35. The second-order valence-electron chi connectivity index (χ2n) is 6.30. The molecule has 0 aliphatic heterocycles. The maximum Gasteiger partial charge on any atom is 0.408 e. The molecular weight excluding hydrogens is 274 g/mol. The number of hydrogen-bond acceptors (Lipinski definition) is 2. The second-order valence-corrected chi connectivity index (χ2v) is 6.30. The standard InChI is InChI=1S/C19H23NO2/c1-19(2,3)22-18(21)20-17(16-12-8-5-9-13-16)14-15-10-6-4-7-11-15/h4-13,17H,14H2,1-3H3,(H,20,21). The third kappa shape index (κ3) is 5.24. The Labute approximate surface area is 132 Å². The Kier molecular flexibility index (Phi) is 5.21. The summed E-state index contributed by atoms with van der Waals surface area (Å²) >= 11 is 0. The molecule has 2 rings (SSSR count). The van der Waals surface area contributed by atoms with Crippen LogP contribution < -0.4 is 5.32 Å². The highest BCUT2D eigenvalue weighted by Gasteiger charge is 2.20. The van der Waals surface area contributed by atoms with Gasteiger partial charge in [0.05, 0.1) is 6.04 Å². The first kappa shape index (κ1) is 16.1. The van der Waals surface area contributed by atoms with Crippen LogP contribution in [-0.4, -0.2) is 11.7 Å². The molecule has 0 aliphatic carbocycles. The van der Waals surface area contributed by atoms with Gasteiger partial charge < -0.3 is 10.1 Å². The minimum absolute atomic E-state index is 0.113. The van der Waals surface area contributed by atoms with Crippen LogP contribution in [0.25, 0.3) is 0 Å². The van der Waals surface area contributed by atoms with Crippen molar-refractivity contribution >= 4 is 6.09 Å². The number of carbonyl (C=O) groups is 1. The molecule has 116 valence electrons. The van der Waals surface area contributed by atoms with Crippen molar-refractivity contribution in [3.8, 4) is 0 Å². The predicted octanol–water partition coefficient (Wildman–Crippen LogP) is 4.50. The minimum Gasteiger partial charge on any atom is -0.444 e. The lowest BCUT2D eigenvalue weighted by Gasteiger charge is -2.24. The highest BCUT2D eigenvalue weighted by atomic mass is 16.6. The topological polar surface area (TPSA) is 38.3 Å². The van der Waals surface area contributed by atoms with E-state index < -0.39 is 11.7 Å². The van der Waals surface area contributed by atoms with Crippen LogP contribution >= 0.6 is 0 Å². The van der Waals surface area contributed by atoms with Gasteiger partial charge in [0.2, 0.25) is 0 Å². The quantitative estimate of drug-likeness (QED) is 0.902. The van der Waals surface area contributed by atoms with Crippen LogP contribution in [0.5, 0.6) is 0 Å². The maximum atomic E-state index is 12.1. The van der Waals surface area contributed by atoms with Crippen LogP contribution in [-0.2, 0) is 11.2 Å². The lowest BCUT2D eigenvalue weighted by atomic mass is 9.99. The molecule has 22 heavy (non-hydrogen) atoms. The van der Waals surface area contributed by atoms with Crippen molar-refractivity contribution in [2.75, 3.05) is 0 Å². The molecule has 1 atom stereocenters. The fourth-order valence-corrected chi connectivity index (χ4v) is 2.24. The normalized spacial score (nSPS) is 12.5. The fourth-order valence-electron chi connectivity index (χ4n) is 2.24. The summed E-state index contributed by atoms with van der Waals surface area (Å²) in [5.41, 5.74) is 1.74. The van der Waals surface area contributed by atoms with E-state index in [1.807, 2.05) is 69.3 Å². The monoisotopic (exact) mass is 297 g/mol. The molecule has 2 aromatic carbocycles. The Hall–Kier alpha value is -2.29. The summed E-state index contributed by atoms with van der Waals surface area (Å²) in [6, 6.07) is 20.0. The smallest absolute Gasteiger partial charge is 0.408 e. The van der Waals surface area contributed by atoms with Gasteiger partial charge in [0.1, 0.15) is 5.60 Å². The van der Waals surface area contributed by atoms with Crippen LogP contribution in [0, 0.1) is 0 Å². The predicted molar refractivity (Wildman–Crippen MR) is 88.7 cm³/mol. The maximum absolute atomic E-state index is 12.1. The molecule has 0 spiro atoms. The number of alkyl carbamates (subject to hydrolysis) is 1. The van der Waals surface area contributed by atoms with Gasteiger partial charge in [0.25, 0.3) is 0 Å². The summed E-state index contributed by atoms with van der Waals surface area (Å²) in [6.45, 7) is 5.59. The Morgan fingerprint density at radius 3 is 2.09 bits per heavy atom. The van der Waals surface area contributed by atoms with E-state index in [0.717, 1.165) is 12.0 Å². The molecule has 1 unspecified atom stereocenters. The largest absolute Gasteiger partial charge is 0.444 e. The molecule has 0 saturated carbocycles. The molecule has 0 aliphatic rings. The number of amides is 1. The van der Waals surface area contributed by atoms with Gasteiger partial charge in [-0.25, -0.2) is 4.79 Å². The van der Waals surface area contributed by atoms with Crippen molar-refractivity contribution in [3.05, 3.63) is 71.8 Å². The van der Waals surface area contributed by atoms with E-state index in [9.17, 15) is 4.79 Å². The SMILES string of the molecule is CC(C)(C)OC(=O)NC(Cc1ccccc1)c1ccccc1. The summed E-state index contributed by atoms with van der Waals surface area (Å²) in [7, 11) is 0. The molecule has 2 aromatic rings. The number of carbonyl (C=O) groups excluding carboxylic acids is 1. The Bertz CT molecular complexity index is 588. The van der Waals surface area contributed by atoms with E-state index in [4.69, 9.17) is 4.74 Å². The summed E-state index contributed by atoms with van der Waals surface area (Å²) in [4.78, 5) is 12.1. The Morgan fingerprint density at radius 2 is 1.55 bits per heavy atom. The second kappa shape index (κ2) is 7.12. The first-order chi connectivity index (χ1) is 10.4. The van der Waals surface area contributed by atoms with E-state index in [1.165, 1.54) is 5.56 Å². The van der Waals surface area contributed by atoms with Crippen molar-refractivity contribution in [2.24, 2.45) is 0 Å². The number of nitrogens with one attached hydrogen (secondary N) is 1. The Morgan fingerprint density at radius 1 is 1.00 bits per heavy atom. The molecule has 0 bridgehead atoms. The van der Waals surface area contributed by atoms with Crippen LogP contribution in [0.1, 0.15) is 37.9 Å². The molecule has 0 aromatic heterocycles. The van der Waals surface area contributed by atoms with Gasteiger partial charge in [-0.2, -0.15) is 0 Å². The van der Waals surface area contributed by atoms with Gasteiger partial charge in [0.15, 0.2) is 0 Å². The zero-order chi connectivity index (χ0) is 16.0. The highest BCUT2D eigenvalue weighted by molar-refractivity contribution is 5.68. The molecule has 1 N–H and O–H groups in total. The molecule has 0 heterocycles. The third-order valence-electron chi connectivity index (χ3n) is 3.18. The van der Waals surface area contributed by atoms with Crippen LogP contribution in [0.15, 0.2) is 60.7 Å². The zero-order valence-corrected chi connectivity index (χ0v) is 13.4. The zero-order valence-electron chi connectivity index (χ0n) is 13.4. The summed E-state index contributed by atoms with van der Waals surface area (Å²) in [5.74, 6) is 0. The first-order valence-electron chi connectivity index (χ1n) is 7.52. The number of ether oxygens (including phenoxy) is 1. The van der Waals surface area contributed by atoms with Crippen LogP contribution in [0.2, 0.25) is 0 Å². The van der Waals surface area contributed by atoms with E-state index in [0.29, 0.717) is 0 Å². The molecule has 1 amide bonds. The molecule has 0 radical (unpaired) electrons. The molecular formula is C19H23NO2.